The van der Waals surface area contributed by atoms with Crippen LogP contribution < -0.4 is 15.5 Å². The molecule has 3 aromatic carbocycles. The summed E-state index contributed by atoms with van der Waals surface area (Å²) < 4.78 is 11.8. The number of aromatic nitrogens is 2. The summed E-state index contributed by atoms with van der Waals surface area (Å²) in [7, 11) is 0. The van der Waals surface area contributed by atoms with Gasteiger partial charge in [-0.1, -0.05) is 18.2 Å². The maximum absolute atomic E-state index is 12.8. The SMILES string of the molecule is Cc1cc(C)c2oc(-c3ccc(C(=O)Nc4ccc(Oc5nc(C)cc(C)n5)cc4)cc3)cc(=O)c2c1. The highest BCUT2D eigenvalue weighted by atomic mass is 16.5. The third-order valence-corrected chi connectivity index (χ3v) is 5.87. The van der Waals surface area contributed by atoms with Gasteiger partial charge in [-0.25, -0.2) is 9.97 Å². The Morgan fingerprint density at radius 2 is 1.51 bits per heavy atom. The van der Waals surface area contributed by atoms with Crippen LogP contribution in [0, 0.1) is 27.7 Å². The van der Waals surface area contributed by atoms with E-state index >= 15 is 0 Å². The molecule has 5 rings (SSSR count). The lowest BCUT2D eigenvalue weighted by atomic mass is 10.1. The topological polar surface area (TPSA) is 94.3 Å². The van der Waals surface area contributed by atoms with Crippen LogP contribution in [0.5, 0.6) is 11.8 Å². The maximum atomic E-state index is 12.8. The van der Waals surface area contributed by atoms with Crippen molar-refractivity contribution in [3.8, 4) is 23.1 Å². The van der Waals surface area contributed by atoms with E-state index in [4.69, 9.17) is 9.15 Å². The molecule has 2 aromatic heterocycles. The Morgan fingerprint density at radius 3 is 2.19 bits per heavy atom. The van der Waals surface area contributed by atoms with Crippen molar-refractivity contribution < 1.29 is 13.9 Å². The van der Waals surface area contributed by atoms with Crippen molar-refractivity contribution in [2.24, 2.45) is 0 Å². The Morgan fingerprint density at radius 1 is 0.838 bits per heavy atom. The number of anilines is 1. The average molecular weight is 492 g/mol. The Kier molecular flexibility index (Phi) is 6.27. The number of carbonyl (C=O) groups excluding carboxylic acids is 1. The van der Waals surface area contributed by atoms with Gasteiger partial charge in [-0.3, -0.25) is 9.59 Å². The number of fused-ring (bicyclic) bond motifs is 1. The first-order valence-corrected chi connectivity index (χ1v) is 11.8. The predicted molar refractivity (Wildman–Crippen MR) is 143 cm³/mol. The molecule has 0 atom stereocenters. The second-order valence-electron chi connectivity index (χ2n) is 9.02. The van der Waals surface area contributed by atoms with Crippen LogP contribution in [-0.4, -0.2) is 15.9 Å². The van der Waals surface area contributed by atoms with E-state index in [1.165, 1.54) is 6.07 Å². The van der Waals surface area contributed by atoms with Gasteiger partial charge in [0.15, 0.2) is 5.43 Å². The van der Waals surface area contributed by atoms with Crippen LogP contribution in [0.2, 0.25) is 0 Å². The van der Waals surface area contributed by atoms with Crippen LogP contribution >= 0.6 is 0 Å². The van der Waals surface area contributed by atoms with Crippen LogP contribution in [0.4, 0.5) is 5.69 Å². The monoisotopic (exact) mass is 491 g/mol. The number of ether oxygens (including phenoxy) is 1. The lowest BCUT2D eigenvalue weighted by Gasteiger charge is -2.09. The van der Waals surface area contributed by atoms with Gasteiger partial charge in [0, 0.05) is 34.3 Å². The molecular weight excluding hydrogens is 466 g/mol. The second-order valence-corrected chi connectivity index (χ2v) is 9.02. The van der Waals surface area contributed by atoms with Gasteiger partial charge >= 0.3 is 6.01 Å². The lowest BCUT2D eigenvalue weighted by Crippen LogP contribution is -2.11. The fourth-order valence-electron chi connectivity index (χ4n) is 4.19. The minimum Gasteiger partial charge on any atom is -0.456 e. The molecule has 0 bridgehead atoms. The number of rotatable bonds is 5. The van der Waals surface area contributed by atoms with Gasteiger partial charge < -0.3 is 14.5 Å². The molecule has 0 aliphatic carbocycles. The number of benzene rings is 3. The predicted octanol–water partition coefficient (Wildman–Crippen LogP) is 6.53. The van der Waals surface area contributed by atoms with E-state index in [0.717, 1.165) is 22.5 Å². The molecule has 2 heterocycles. The zero-order chi connectivity index (χ0) is 26.1. The van der Waals surface area contributed by atoms with Crippen LogP contribution in [0.25, 0.3) is 22.3 Å². The first-order chi connectivity index (χ1) is 17.7. The molecule has 1 N–H and O–H groups in total. The van der Waals surface area contributed by atoms with Gasteiger partial charge in [-0.2, -0.15) is 0 Å². The number of hydrogen-bond acceptors (Lipinski definition) is 6. The standard InChI is InChI=1S/C30H25N3O4/c1-17-13-18(2)28-25(14-17)26(34)16-27(37-28)21-5-7-22(8-6-21)29(35)33-23-9-11-24(12-10-23)36-30-31-19(3)15-20(4)32-30/h5-16H,1-4H3,(H,33,35). The van der Waals surface area contributed by atoms with Crippen LogP contribution in [0.15, 0.2) is 82.0 Å². The summed E-state index contributed by atoms with van der Waals surface area (Å²) in [5.74, 6) is 0.763. The number of nitrogens with zero attached hydrogens (tertiary/aromatic N) is 2. The molecule has 0 saturated heterocycles. The summed E-state index contributed by atoms with van der Waals surface area (Å²) in [6.07, 6.45) is 0. The van der Waals surface area contributed by atoms with Crippen molar-refractivity contribution in [2.75, 3.05) is 5.32 Å². The summed E-state index contributed by atoms with van der Waals surface area (Å²) in [6.45, 7) is 7.64. The van der Waals surface area contributed by atoms with Gasteiger partial charge in [0.1, 0.15) is 17.1 Å². The molecule has 0 radical (unpaired) electrons. The first-order valence-electron chi connectivity index (χ1n) is 11.8. The Bertz CT molecular complexity index is 1670. The smallest absolute Gasteiger partial charge is 0.322 e. The van der Waals surface area contributed by atoms with E-state index < -0.39 is 0 Å². The second kappa shape index (κ2) is 9.70. The van der Waals surface area contributed by atoms with Gasteiger partial charge in [0.25, 0.3) is 5.91 Å². The summed E-state index contributed by atoms with van der Waals surface area (Å²) in [5.41, 5.74) is 5.85. The van der Waals surface area contributed by atoms with Crippen molar-refractivity contribution in [3.05, 3.63) is 111 Å². The van der Waals surface area contributed by atoms with E-state index in [-0.39, 0.29) is 17.3 Å². The third-order valence-electron chi connectivity index (χ3n) is 5.87. The van der Waals surface area contributed by atoms with E-state index in [1.54, 1.807) is 48.5 Å². The molecule has 184 valence electrons. The number of nitrogens with one attached hydrogen (secondary N) is 1. The summed E-state index contributed by atoms with van der Waals surface area (Å²) >= 11 is 0. The number of carbonyl (C=O) groups is 1. The minimum absolute atomic E-state index is 0.0959. The largest absolute Gasteiger partial charge is 0.456 e. The van der Waals surface area contributed by atoms with Gasteiger partial charge in [-0.15, -0.1) is 0 Å². The van der Waals surface area contributed by atoms with E-state index in [9.17, 15) is 9.59 Å². The van der Waals surface area contributed by atoms with Crippen molar-refractivity contribution in [3.63, 3.8) is 0 Å². The maximum Gasteiger partial charge on any atom is 0.322 e. The summed E-state index contributed by atoms with van der Waals surface area (Å²) in [5, 5.41) is 3.44. The van der Waals surface area contributed by atoms with Gasteiger partial charge in [0.05, 0.1) is 5.39 Å². The lowest BCUT2D eigenvalue weighted by molar-refractivity contribution is 0.102. The average Bonchev–Trinajstić information content (AvgIpc) is 2.85. The fraction of sp³-hybridized carbons (Fsp3) is 0.133. The molecule has 7 heteroatoms. The molecule has 0 aliphatic rings. The highest BCUT2D eigenvalue weighted by Gasteiger charge is 2.12. The van der Waals surface area contributed by atoms with Crippen molar-refractivity contribution >= 4 is 22.6 Å². The Balaban J connectivity index is 1.29. The van der Waals surface area contributed by atoms with Crippen LogP contribution in [0.1, 0.15) is 32.9 Å². The molecule has 0 fully saturated rings. The van der Waals surface area contributed by atoms with E-state index in [1.807, 2.05) is 45.9 Å². The molecule has 0 unspecified atom stereocenters. The molecule has 0 spiro atoms. The normalized spacial score (nSPS) is 10.9. The van der Waals surface area contributed by atoms with E-state index in [2.05, 4.69) is 15.3 Å². The first kappa shape index (κ1) is 23.9. The molecule has 0 saturated carbocycles. The van der Waals surface area contributed by atoms with Crippen molar-refractivity contribution in [2.45, 2.75) is 27.7 Å². The molecule has 0 aliphatic heterocycles. The summed E-state index contributed by atoms with van der Waals surface area (Å²) in [6, 6.07) is 21.4. The number of amides is 1. The summed E-state index contributed by atoms with van der Waals surface area (Å²) in [4.78, 5) is 34.0. The quantitative estimate of drug-likeness (QED) is 0.300. The van der Waals surface area contributed by atoms with Crippen LogP contribution in [0.3, 0.4) is 0 Å². The highest BCUT2D eigenvalue weighted by molar-refractivity contribution is 6.04. The minimum atomic E-state index is -0.260. The van der Waals surface area contributed by atoms with Crippen molar-refractivity contribution in [1.29, 1.82) is 0 Å². The van der Waals surface area contributed by atoms with Crippen molar-refractivity contribution in [1.82, 2.24) is 9.97 Å². The number of aryl methyl sites for hydroxylation is 4. The Hall–Kier alpha value is -4.78. The molecular formula is C30H25N3O4. The van der Waals surface area contributed by atoms with Gasteiger partial charge in [-0.05, 0) is 87.4 Å². The molecule has 5 aromatic rings. The van der Waals surface area contributed by atoms with Crippen LogP contribution in [-0.2, 0) is 0 Å². The molecule has 37 heavy (non-hydrogen) atoms. The number of hydrogen-bond donors (Lipinski definition) is 1. The molecule has 1 amide bonds. The molecule has 7 nitrogen and oxygen atoms in total. The van der Waals surface area contributed by atoms with Gasteiger partial charge in [0.2, 0.25) is 0 Å². The fourth-order valence-corrected chi connectivity index (χ4v) is 4.19. The van der Waals surface area contributed by atoms with E-state index in [0.29, 0.717) is 39.3 Å². The zero-order valence-corrected chi connectivity index (χ0v) is 21.0. The highest BCUT2D eigenvalue weighted by Crippen LogP contribution is 2.26. The Labute approximate surface area is 213 Å². The third kappa shape index (κ3) is 5.26. The zero-order valence-electron chi connectivity index (χ0n) is 21.0.